The Hall–Kier alpha value is -1.96. The number of anilines is 2. The predicted octanol–water partition coefficient (Wildman–Crippen LogP) is -2.91. The fourth-order valence-corrected chi connectivity index (χ4v) is 5.89. The maximum Gasteiger partial charge on any atom is 0.351 e. The molecule has 0 amide bonds. The molecule has 9 atom stereocenters. The smallest absolute Gasteiger partial charge is 0.351 e. The third-order valence-corrected chi connectivity index (χ3v) is 7.92. The van der Waals surface area contributed by atoms with Gasteiger partial charge in [-0.3, -0.25) is 9.13 Å². The van der Waals surface area contributed by atoms with Gasteiger partial charge in [0.2, 0.25) is 5.69 Å². The molecule has 204 valence electrons. The highest BCUT2D eigenvalue weighted by atomic mass is 32.9. The highest BCUT2D eigenvalue weighted by Gasteiger charge is 2.49. The van der Waals surface area contributed by atoms with Crippen molar-refractivity contribution in [2.45, 2.75) is 49.1 Å². The quantitative estimate of drug-likeness (QED) is 0.122. The highest BCUT2D eigenvalue weighted by Crippen LogP contribution is 2.56. The van der Waals surface area contributed by atoms with Gasteiger partial charge in [-0.2, -0.15) is 9.97 Å². The van der Waals surface area contributed by atoms with E-state index < -0.39 is 79.4 Å². The second-order valence-corrected chi connectivity index (χ2v) is 13.4. The van der Waals surface area contributed by atoms with E-state index in [1.165, 1.54) is 24.5 Å². The number of thiol groups is 1. The summed E-state index contributed by atoms with van der Waals surface area (Å²) in [7, 11) is 0. The number of nitrogens with two attached hydrogens (primary N) is 2. The molecule has 0 aliphatic carbocycles. The molecule has 19 heteroatoms. The fraction of sp³-hybridized carbons (Fsp3) is 0.556. The first-order chi connectivity index (χ1) is 17.4. The second-order valence-electron chi connectivity index (χ2n) is 8.20. The summed E-state index contributed by atoms with van der Waals surface area (Å²) in [6.45, 7) is -1.01. The lowest BCUT2D eigenvalue weighted by molar-refractivity contribution is -0.0557. The number of aliphatic hydroxyl groups is 4. The first-order valence-corrected chi connectivity index (χ1v) is 14.5. The molecule has 2 saturated heterocycles. The van der Waals surface area contributed by atoms with E-state index in [0.717, 1.165) is 9.13 Å². The zero-order valence-electron chi connectivity index (χ0n) is 18.8. The molecule has 8 N–H and O–H groups in total. The van der Waals surface area contributed by atoms with Crippen LogP contribution < -0.4 is 22.8 Å². The van der Waals surface area contributed by atoms with Gasteiger partial charge in [0.15, 0.2) is 12.5 Å². The molecule has 0 radical (unpaired) electrons. The van der Waals surface area contributed by atoms with Crippen LogP contribution in [-0.4, -0.2) is 89.4 Å². The van der Waals surface area contributed by atoms with Crippen LogP contribution in [0.15, 0.2) is 34.1 Å². The molecule has 2 aromatic heterocycles. The van der Waals surface area contributed by atoms with E-state index >= 15 is 0 Å². The van der Waals surface area contributed by atoms with Crippen LogP contribution in [0, 0.1) is 0 Å². The van der Waals surface area contributed by atoms with Crippen LogP contribution >= 0.6 is 17.9 Å². The third-order valence-electron chi connectivity index (χ3n) is 5.73. The maximum absolute atomic E-state index is 12.2. The van der Waals surface area contributed by atoms with Gasteiger partial charge in [-0.15, -0.1) is 0 Å². The average Bonchev–Trinajstić information content (AvgIpc) is 3.28. The van der Waals surface area contributed by atoms with Gasteiger partial charge in [-0.1, -0.05) is 12.2 Å². The minimum Gasteiger partial charge on any atom is -0.394 e. The van der Waals surface area contributed by atoms with Crippen molar-refractivity contribution in [1.29, 1.82) is 0 Å². The van der Waals surface area contributed by atoms with Crippen LogP contribution in [0.1, 0.15) is 12.5 Å². The van der Waals surface area contributed by atoms with Crippen molar-refractivity contribution in [1.82, 2.24) is 19.1 Å². The molecule has 16 nitrogen and oxygen atoms in total. The molecular weight excluding hydrogens is 555 g/mol. The van der Waals surface area contributed by atoms with Crippen molar-refractivity contribution in [2.75, 3.05) is 24.7 Å². The molecule has 0 aromatic carbocycles. The summed E-state index contributed by atoms with van der Waals surface area (Å²) in [5.41, 5.74) is 5.88. The molecule has 0 saturated carbocycles. The van der Waals surface area contributed by atoms with E-state index in [0.29, 0.717) is 0 Å². The monoisotopic (exact) mass is 580 g/mol. The topological polar surface area (TPSA) is 240 Å². The summed E-state index contributed by atoms with van der Waals surface area (Å²) in [5.74, 6) is -0.0539. The standard InChI is InChI=1S/C18H25N6O10PS2/c19-9-1-3-23(17(29)21-9)15-12(27)11(26)8(33-15)6-31-35(36,37)34-14-7(5-25)32-16(13(14)28)24-4-2-10(20)22-18(24)30/h1-4,7-8,11-16,25-28H,5-6H2,(H,36,37)(H2,19,21,29)(H2,20,22,30). The van der Waals surface area contributed by atoms with Crippen molar-refractivity contribution in [3.05, 3.63) is 45.5 Å². The number of hydrogen-bond donors (Lipinski definition) is 7. The van der Waals surface area contributed by atoms with Gasteiger partial charge in [0.1, 0.15) is 48.3 Å². The molecule has 37 heavy (non-hydrogen) atoms. The lowest BCUT2D eigenvalue weighted by atomic mass is 10.1. The SMILES string of the molecule is Nc1ccn(C2OC(COP(=S)(S)OC3C(CO)OC(n4ccc(N)nc4=O)C3O)C(O)C2O)c(=O)n1. The summed E-state index contributed by atoms with van der Waals surface area (Å²) < 4.78 is 24.3. The molecule has 0 spiro atoms. The van der Waals surface area contributed by atoms with Gasteiger partial charge in [0, 0.05) is 12.4 Å². The lowest BCUT2D eigenvalue weighted by Crippen LogP contribution is -2.37. The second kappa shape index (κ2) is 11.0. The number of ether oxygens (including phenoxy) is 2. The predicted molar refractivity (Wildman–Crippen MR) is 133 cm³/mol. The van der Waals surface area contributed by atoms with Crippen LogP contribution in [0.4, 0.5) is 11.6 Å². The lowest BCUT2D eigenvalue weighted by Gasteiger charge is -2.26. The Kier molecular flexibility index (Phi) is 8.37. The Morgan fingerprint density at radius 2 is 1.49 bits per heavy atom. The third kappa shape index (κ3) is 5.89. The molecule has 0 bridgehead atoms. The zero-order chi connectivity index (χ0) is 27.1. The summed E-state index contributed by atoms with van der Waals surface area (Å²) in [4.78, 5) is 31.4. The Morgan fingerprint density at radius 1 is 0.973 bits per heavy atom. The van der Waals surface area contributed by atoms with E-state index in [2.05, 4.69) is 22.2 Å². The first-order valence-electron chi connectivity index (χ1n) is 10.7. The number of aromatic nitrogens is 4. The average molecular weight is 581 g/mol. The molecule has 4 rings (SSSR count). The van der Waals surface area contributed by atoms with Gasteiger partial charge in [0.25, 0.3) is 0 Å². The fourth-order valence-electron chi connectivity index (χ4n) is 3.91. The highest BCUT2D eigenvalue weighted by molar-refractivity contribution is 8.60. The Morgan fingerprint density at radius 3 is 2.00 bits per heavy atom. The summed E-state index contributed by atoms with van der Waals surface area (Å²) >= 11 is 9.53. The van der Waals surface area contributed by atoms with Crippen LogP contribution in [0.2, 0.25) is 0 Å². The Balaban J connectivity index is 1.42. The summed E-state index contributed by atoms with van der Waals surface area (Å²) in [6.07, 6.45) is -7.99. The van der Waals surface area contributed by atoms with Gasteiger partial charge >= 0.3 is 11.4 Å². The van der Waals surface area contributed by atoms with E-state index in [1.54, 1.807) is 0 Å². The van der Waals surface area contributed by atoms with Crippen LogP contribution in [0.3, 0.4) is 0 Å². The molecular formula is C18H25N6O10PS2. The van der Waals surface area contributed by atoms with E-state index in [4.69, 9.17) is 41.8 Å². The molecule has 2 aliphatic heterocycles. The number of nitrogens with zero attached hydrogens (tertiary/aromatic N) is 4. The van der Waals surface area contributed by atoms with Gasteiger partial charge in [-0.25, -0.2) is 9.59 Å². The first kappa shape index (κ1) is 28.1. The number of rotatable bonds is 8. The molecule has 4 heterocycles. The summed E-state index contributed by atoms with van der Waals surface area (Å²) in [5, 5.41) is 41.3. The molecule has 2 fully saturated rings. The minimum absolute atomic E-state index is 0.0267. The largest absolute Gasteiger partial charge is 0.394 e. The van der Waals surface area contributed by atoms with Crippen LogP contribution in [-0.2, 0) is 30.3 Å². The Labute approximate surface area is 218 Å². The van der Waals surface area contributed by atoms with Crippen LogP contribution in [0.5, 0.6) is 0 Å². The normalized spacial score (nSPS) is 33.4. The molecule has 2 aliphatic rings. The van der Waals surface area contributed by atoms with Crippen LogP contribution in [0.25, 0.3) is 0 Å². The van der Waals surface area contributed by atoms with Crippen molar-refractivity contribution in [3.63, 3.8) is 0 Å². The van der Waals surface area contributed by atoms with Crippen molar-refractivity contribution in [3.8, 4) is 0 Å². The van der Waals surface area contributed by atoms with E-state index in [1.807, 2.05) is 0 Å². The molecule has 2 aromatic rings. The van der Waals surface area contributed by atoms with E-state index in [-0.39, 0.29) is 11.6 Å². The number of aliphatic hydroxyl groups excluding tert-OH is 4. The Bertz CT molecular complexity index is 1300. The molecule has 9 unspecified atom stereocenters. The summed E-state index contributed by atoms with van der Waals surface area (Å²) in [6, 6.07) is 2.65. The van der Waals surface area contributed by atoms with Gasteiger partial charge in [-0.05, 0) is 23.9 Å². The van der Waals surface area contributed by atoms with Gasteiger partial charge in [0.05, 0.1) is 13.2 Å². The van der Waals surface area contributed by atoms with E-state index in [9.17, 15) is 30.0 Å². The van der Waals surface area contributed by atoms with Gasteiger partial charge < -0.3 is 50.4 Å². The number of hydrogen-bond acceptors (Lipinski definition) is 15. The van der Waals surface area contributed by atoms with Crippen molar-refractivity contribution >= 4 is 41.4 Å². The number of nitrogen functional groups attached to an aromatic ring is 2. The maximum atomic E-state index is 12.2. The zero-order valence-corrected chi connectivity index (χ0v) is 21.4. The van der Waals surface area contributed by atoms with Crippen molar-refractivity contribution in [2.24, 2.45) is 0 Å². The van der Waals surface area contributed by atoms with Crippen molar-refractivity contribution < 1.29 is 38.9 Å². The minimum atomic E-state index is -3.49.